The molecule has 0 spiro atoms. The minimum Gasteiger partial charge on any atom is -0.496 e. The maximum Gasteiger partial charge on any atom is 0.177 e. The van der Waals surface area contributed by atoms with Crippen LogP contribution in [0.1, 0.15) is 0 Å². The molecule has 0 atom stereocenters. The zero-order valence-electron chi connectivity index (χ0n) is 10.9. The molecule has 6 heteroatoms. The molecule has 0 radical (unpaired) electrons. The fourth-order valence-corrected chi connectivity index (χ4v) is 1.97. The number of nitrogens with two attached hydrogens (primary N) is 1. The first kappa shape index (κ1) is 12.2. The lowest BCUT2D eigenvalue weighted by molar-refractivity contribution is 0.416. The number of hydrogen-bond acceptors (Lipinski definition) is 5. The number of anilines is 1. The zero-order valence-corrected chi connectivity index (χ0v) is 10.9. The van der Waals surface area contributed by atoms with Crippen LogP contribution in [0, 0.1) is 0 Å². The van der Waals surface area contributed by atoms with Crippen molar-refractivity contribution < 1.29 is 4.74 Å². The molecule has 2 aromatic heterocycles. The summed E-state index contributed by atoms with van der Waals surface area (Å²) in [5.74, 6) is 1.81. The first-order valence-electron chi connectivity index (χ1n) is 6.06. The predicted molar refractivity (Wildman–Crippen MR) is 75.6 cm³/mol. The summed E-state index contributed by atoms with van der Waals surface area (Å²) in [4.78, 5) is 0. The number of aromatic nitrogens is 4. The van der Waals surface area contributed by atoms with E-state index in [2.05, 4.69) is 15.3 Å². The Morgan fingerprint density at radius 3 is 2.75 bits per heavy atom. The highest BCUT2D eigenvalue weighted by atomic mass is 16.5. The highest BCUT2D eigenvalue weighted by Gasteiger charge is 2.12. The number of nitrogen functional groups attached to an aromatic ring is 1. The highest BCUT2D eigenvalue weighted by molar-refractivity contribution is 5.69. The molecule has 0 amide bonds. The average Bonchev–Trinajstić information content (AvgIpc) is 2.90. The fraction of sp³-hybridized carbons (Fsp3) is 0.0714. The van der Waals surface area contributed by atoms with Crippen molar-refractivity contribution in [2.75, 3.05) is 12.8 Å². The summed E-state index contributed by atoms with van der Waals surface area (Å²) < 4.78 is 6.89. The van der Waals surface area contributed by atoms with Gasteiger partial charge in [0.2, 0.25) is 0 Å². The van der Waals surface area contributed by atoms with Crippen molar-refractivity contribution in [1.29, 1.82) is 0 Å². The van der Waals surface area contributed by atoms with Gasteiger partial charge in [0.25, 0.3) is 0 Å². The van der Waals surface area contributed by atoms with E-state index in [0.717, 1.165) is 17.0 Å². The Hall–Kier alpha value is -2.89. The maximum atomic E-state index is 5.99. The Balaban J connectivity index is 2.09. The molecule has 0 aliphatic carbocycles. The normalized spacial score (nSPS) is 10.4. The van der Waals surface area contributed by atoms with Crippen molar-refractivity contribution in [3.8, 4) is 22.8 Å². The third-order valence-electron chi connectivity index (χ3n) is 2.90. The van der Waals surface area contributed by atoms with Gasteiger partial charge in [0.1, 0.15) is 11.6 Å². The van der Waals surface area contributed by atoms with Crippen LogP contribution >= 0.6 is 0 Å². The second kappa shape index (κ2) is 5.00. The summed E-state index contributed by atoms with van der Waals surface area (Å²) in [6.45, 7) is 0. The summed E-state index contributed by atoms with van der Waals surface area (Å²) in [5, 5.41) is 12.3. The van der Waals surface area contributed by atoms with E-state index in [1.165, 1.54) is 0 Å². The molecule has 0 saturated heterocycles. The van der Waals surface area contributed by atoms with Crippen molar-refractivity contribution in [3.63, 3.8) is 0 Å². The molecular weight excluding hydrogens is 254 g/mol. The monoisotopic (exact) mass is 267 g/mol. The molecule has 100 valence electrons. The second-order valence-electron chi connectivity index (χ2n) is 4.15. The summed E-state index contributed by atoms with van der Waals surface area (Å²) in [6.07, 6.45) is 1.60. The number of para-hydroxylation sites is 1. The molecular formula is C14H13N5O. The molecule has 2 N–H and O–H groups in total. The maximum absolute atomic E-state index is 5.99. The molecule has 0 unspecified atom stereocenters. The molecule has 6 nitrogen and oxygen atoms in total. The van der Waals surface area contributed by atoms with Gasteiger partial charge in [-0.3, -0.25) is 0 Å². The van der Waals surface area contributed by atoms with Crippen LogP contribution in [0.25, 0.3) is 17.1 Å². The zero-order chi connectivity index (χ0) is 13.9. The van der Waals surface area contributed by atoms with Crippen LogP contribution in [0.3, 0.4) is 0 Å². The minimum atomic E-state index is 0.492. The van der Waals surface area contributed by atoms with E-state index in [9.17, 15) is 0 Å². The van der Waals surface area contributed by atoms with Gasteiger partial charge in [-0.2, -0.15) is 14.9 Å². The van der Waals surface area contributed by atoms with Gasteiger partial charge in [-0.25, -0.2) is 0 Å². The molecule has 0 aliphatic heterocycles. The van der Waals surface area contributed by atoms with Gasteiger partial charge in [-0.1, -0.05) is 12.1 Å². The van der Waals surface area contributed by atoms with Crippen LogP contribution in [0.15, 0.2) is 48.7 Å². The predicted octanol–water partition coefficient (Wildman–Crippen LogP) is 1.92. The molecule has 1 aromatic carbocycles. The molecule has 0 saturated carbocycles. The molecule has 0 fully saturated rings. The van der Waals surface area contributed by atoms with Gasteiger partial charge in [-0.05, 0) is 24.3 Å². The molecule has 20 heavy (non-hydrogen) atoms. The van der Waals surface area contributed by atoms with Crippen LogP contribution in [-0.4, -0.2) is 27.1 Å². The Morgan fingerprint density at radius 2 is 2.00 bits per heavy atom. The van der Waals surface area contributed by atoms with Crippen molar-refractivity contribution in [3.05, 3.63) is 48.7 Å². The van der Waals surface area contributed by atoms with E-state index in [1.807, 2.05) is 24.3 Å². The molecule has 0 aliphatic rings. The van der Waals surface area contributed by atoms with Gasteiger partial charge in [-0.15, -0.1) is 5.10 Å². The third kappa shape index (κ3) is 2.07. The van der Waals surface area contributed by atoms with E-state index in [4.69, 9.17) is 10.5 Å². The quantitative estimate of drug-likeness (QED) is 0.784. The summed E-state index contributed by atoms with van der Waals surface area (Å²) >= 11 is 0. The lowest BCUT2D eigenvalue weighted by Crippen LogP contribution is -2.04. The van der Waals surface area contributed by atoms with Gasteiger partial charge in [0.05, 0.1) is 12.8 Å². The third-order valence-corrected chi connectivity index (χ3v) is 2.90. The second-order valence-corrected chi connectivity index (χ2v) is 4.15. The van der Waals surface area contributed by atoms with E-state index in [-0.39, 0.29) is 0 Å². The van der Waals surface area contributed by atoms with Crippen LogP contribution < -0.4 is 10.5 Å². The van der Waals surface area contributed by atoms with E-state index in [0.29, 0.717) is 11.6 Å². The van der Waals surface area contributed by atoms with Gasteiger partial charge < -0.3 is 10.5 Å². The van der Waals surface area contributed by atoms with Crippen molar-refractivity contribution in [2.45, 2.75) is 0 Å². The Labute approximate surface area is 115 Å². The first-order chi connectivity index (χ1) is 9.79. The Morgan fingerprint density at radius 1 is 1.15 bits per heavy atom. The lowest BCUT2D eigenvalue weighted by Gasteiger charge is -2.05. The van der Waals surface area contributed by atoms with Crippen molar-refractivity contribution in [2.24, 2.45) is 0 Å². The van der Waals surface area contributed by atoms with Crippen LogP contribution in [0.4, 0.5) is 5.82 Å². The number of hydrogen-bond donors (Lipinski definition) is 1. The summed E-state index contributed by atoms with van der Waals surface area (Å²) in [7, 11) is 1.63. The van der Waals surface area contributed by atoms with Crippen molar-refractivity contribution >= 4 is 5.82 Å². The first-order valence-corrected chi connectivity index (χ1v) is 6.06. The molecule has 3 aromatic rings. The smallest absolute Gasteiger partial charge is 0.177 e. The van der Waals surface area contributed by atoms with E-state index in [1.54, 1.807) is 36.2 Å². The van der Waals surface area contributed by atoms with Gasteiger partial charge in [0, 0.05) is 17.8 Å². The standard InChI is InChI=1S/C14H13N5O/c1-20-12-6-3-2-5-10(12)11-9-13(15)19(18-11)14-7-4-8-16-17-14/h2-9H,15H2,1H3. The van der Waals surface area contributed by atoms with Crippen LogP contribution in [-0.2, 0) is 0 Å². The van der Waals surface area contributed by atoms with Gasteiger partial charge >= 0.3 is 0 Å². The number of methoxy groups -OCH3 is 1. The molecule has 2 heterocycles. The number of benzene rings is 1. The summed E-state index contributed by atoms with van der Waals surface area (Å²) in [6, 6.07) is 13.0. The number of nitrogens with zero attached hydrogens (tertiary/aromatic N) is 4. The fourth-order valence-electron chi connectivity index (χ4n) is 1.97. The van der Waals surface area contributed by atoms with Gasteiger partial charge in [0.15, 0.2) is 5.82 Å². The largest absolute Gasteiger partial charge is 0.496 e. The molecule has 3 rings (SSSR count). The number of rotatable bonds is 3. The van der Waals surface area contributed by atoms with Crippen LogP contribution in [0.5, 0.6) is 5.75 Å². The number of ether oxygens (including phenoxy) is 1. The lowest BCUT2D eigenvalue weighted by atomic mass is 10.1. The highest BCUT2D eigenvalue weighted by Crippen LogP contribution is 2.30. The van der Waals surface area contributed by atoms with Crippen molar-refractivity contribution in [1.82, 2.24) is 20.0 Å². The van der Waals surface area contributed by atoms with E-state index >= 15 is 0 Å². The van der Waals surface area contributed by atoms with E-state index < -0.39 is 0 Å². The molecule has 0 bridgehead atoms. The summed E-state index contributed by atoms with van der Waals surface area (Å²) in [5.41, 5.74) is 7.60. The minimum absolute atomic E-state index is 0.492. The Bertz CT molecular complexity index is 723. The topological polar surface area (TPSA) is 78.9 Å². The average molecular weight is 267 g/mol. The van der Waals surface area contributed by atoms with Crippen LogP contribution in [0.2, 0.25) is 0 Å². The Kier molecular flexibility index (Phi) is 3.04. The SMILES string of the molecule is COc1ccccc1-c1cc(N)n(-c2cccnn2)n1.